The number of hydrogen-bond acceptors (Lipinski definition) is 3. The lowest BCUT2D eigenvalue weighted by Gasteiger charge is -2.31. The van der Waals surface area contributed by atoms with Crippen LogP contribution in [0.25, 0.3) is 0 Å². The summed E-state index contributed by atoms with van der Waals surface area (Å²) in [6.07, 6.45) is 1.94. The third-order valence-corrected chi connectivity index (χ3v) is 4.26. The van der Waals surface area contributed by atoms with Gasteiger partial charge >= 0.3 is 0 Å². The zero-order chi connectivity index (χ0) is 14.0. The van der Waals surface area contributed by atoms with Crippen LogP contribution in [0, 0.1) is 0 Å². The molecule has 19 heavy (non-hydrogen) atoms. The van der Waals surface area contributed by atoms with Gasteiger partial charge in [0.15, 0.2) is 0 Å². The molecule has 106 valence electrons. The number of aromatic nitrogens is 1. The molecule has 1 unspecified atom stereocenters. The zero-order valence-corrected chi connectivity index (χ0v) is 12.3. The van der Waals surface area contributed by atoms with Crippen molar-refractivity contribution in [3.05, 3.63) is 33.2 Å². The molecule has 1 atom stereocenters. The first kappa shape index (κ1) is 14.3. The average molecular weight is 263 g/mol. The number of rotatable bonds is 4. The summed E-state index contributed by atoms with van der Waals surface area (Å²) in [6.45, 7) is 9.79. The fraction of sp³-hybridized carbons (Fsp3) is 0.667. The SMILES string of the molecule is CCC(C)n1c2c(cc(CN)c1=O)CN(CC)CC2. The standard InChI is InChI=1S/C15H25N3O/c1-4-11(3)18-14-6-7-17(5-2)10-13(14)8-12(9-16)15(18)19/h8,11H,4-7,9-10,16H2,1-3H3. The van der Waals surface area contributed by atoms with Gasteiger partial charge in [-0.25, -0.2) is 0 Å². The molecule has 0 aromatic carbocycles. The Morgan fingerprint density at radius 3 is 2.74 bits per heavy atom. The van der Waals surface area contributed by atoms with Gasteiger partial charge in [-0.05, 0) is 31.5 Å². The molecule has 0 amide bonds. The maximum Gasteiger partial charge on any atom is 0.255 e. The molecule has 0 saturated carbocycles. The Balaban J connectivity index is 2.56. The number of likely N-dealkylation sites (N-methyl/N-ethyl adjacent to an activating group) is 1. The first-order valence-electron chi connectivity index (χ1n) is 7.30. The average Bonchev–Trinajstić information content (AvgIpc) is 2.45. The van der Waals surface area contributed by atoms with Crippen molar-refractivity contribution < 1.29 is 0 Å². The van der Waals surface area contributed by atoms with Gasteiger partial charge in [0.2, 0.25) is 0 Å². The number of hydrogen-bond donors (Lipinski definition) is 1. The second-order valence-electron chi connectivity index (χ2n) is 5.40. The van der Waals surface area contributed by atoms with Crippen LogP contribution in [0.5, 0.6) is 0 Å². The van der Waals surface area contributed by atoms with Gasteiger partial charge in [0.1, 0.15) is 0 Å². The molecule has 0 radical (unpaired) electrons. The summed E-state index contributed by atoms with van der Waals surface area (Å²) >= 11 is 0. The van der Waals surface area contributed by atoms with Crippen LogP contribution < -0.4 is 11.3 Å². The Kier molecular flexibility index (Phi) is 4.42. The molecule has 4 heteroatoms. The van der Waals surface area contributed by atoms with Crippen molar-refractivity contribution in [3.63, 3.8) is 0 Å². The third-order valence-electron chi connectivity index (χ3n) is 4.26. The molecule has 0 saturated heterocycles. The van der Waals surface area contributed by atoms with E-state index in [2.05, 4.69) is 25.7 Å². The summed E-state index contributed by atoms with van der Waals surface area (Å²) < 4.78 is 1.99. The topological polar surface area (TPSA) is 51.3 Å². The highest BCUT2D eigenvalue weighted by atomic mass is 16.1. The molecule has 2 rings (SSSR count). The van der Waals surface area contributed by atoms with E-state index in [-0.39, 0.29) is 11.6 Å². The van der Waals surface area contributed by atoms with Crippen LogP contribution in [0.2, 0.25) is 0 Å². The third kappa shape index (κ3) is 2.60. The molecule has 0 fully saturated rings. The second kappa shape index (κ2) is 5.88. The van der Waals surface area contributed by atoms with E-state index in [1.54, 1.807) is 0 Å². The van der Waals surface area contributed by atoms with E-state index in [1.807, 2.05) is 10.6 Å². The number of nitrogens with two attached hydrogens (primary N) is 1. The van der Waals surface area contributed by atoms with E-state index in [0.717, 1.165) is 38.0 Å². The first-order valence-corrected chi connectivity index (χ1v) is 7.30. The number of pyridine rings is 1. The molecule has 0 spiro atoms. The highest BCUT2D eigenvalue weighted by Gasteiger charge is 2.22. The molecule has 0 aliphatic carbocycles. The van der Waals surface area contributed by atoms with E-state index in [0.29, 0.717) is 6.54 Å². The second-order valence-corrected chi connectivity index (χ2v) is 5.40. The van der Waals surface area contributed by atoms with E-state index in [1.165, 1.54) is 11.3 Å². The quantitative estimate of drug-likeness (QED) is 0.899. The van der Waals surface area contributed by atoms with Gasteiger partial charge in [0.05, 0.1) is 0 Å². The highest BCUT2D eigenvalue weighted by molar-refractivity contribution is 5.29. The Hall–Kier alpha value is -1.13. The molecular weight excluding hydrogens is 238 g/mol. The predicted octanol–water partition coefficient (Wildman–Crippen LogP) is 1.66. The van der Waals surface area contributed by atoms with Crippen molar-refractivity contribution in [2.24, 2.45) is 5.73 Å². The van der Waals surface area contributed by atoms with Crippen molar-refractivity contribution in [1.29, 1.82) is 0 Å². The Labute approximate surface area is 115 Å². The first-order chi connectivity index (χ1) is 9.12. The molecule has 1 aliphatic heterocycles. The number of nitrogens with zero attached hydrogens (tertiary/aromatic N) is 2. The lowest BCUT2D eigenvalue weighted by molar-refractivity contribution is 0.259. The molecule has 0 bridgehead atoms. The zero-order valence-electron chi connectivity index (χ0n) is 12.3. The van der Waals surface area contributed by atoms with Gasteiger partial charge in [0, 0.05) is 43.4 Å². The van der Waals surface area contributed by atoms with Gasteiger partial charge < -0.3 is 10.3 Å². The van der Waals surface area contributed by atoms with Crippen molar-refractivity contribution in [1.82, 2.24) is 9.47 Å². The Morgan fingerprint density at radius 1 is 1.42 bits per heavy atom. The fourth-order valence-electron chi connectivity index (χ4n) is 2.85. The summed E-state index contributed by atoms with van der Waals surface area (Å²) in [6, 6.07) is 2.28. The van der Waals surface area contributed by atoms with Crippen molar-refractivity contribution in [2.45, 2.75) is 52.7 Å². The molecule has 1 aromatic heterocycles. The van der Waals surface area contributed by atoms with Gasteiger partial charge in [-0.2, -0.15) is 0 Å². The summed E-state index contributed by atoms with van der Waals surface area (Å²) in [4.78, 5) is 14.9. The lowest BCUT2D eigenvalue weighted by atomic mass is 10.0. The van der Waals surface area contributed by atoms with Crippen LogP contribution in [0.3, 0.4) is 0 Å². The van der Waals surface area contributed by atoms with Crippen LogP contribution in [0.15, 0.2) is 10.9 Å². The van der Waals surface area contributed by atoms with Gasteiger partial charge in [-0.1, -0.05) is 13.8 Å². The van der Waals surface area contributed by atoms with Crippen molar-refractivity contribution >= 4 is 0 Å². The maximum absolute atomic E-state index is 12.5. The van der Waals surface area contributed by atoms with Crippen molar-refractivity contribution in [3.8, 4) is 0 Å². The Morgan fingerprint density at radius 2 is 2.16 bits per heavy atom. The van der Waals surface area contributed by atoms with Crippen LogP contribution in [-0.2, 0) is 19.5 Å². The van der Waals surface area contributed by atoms with Crippen LogP contribution in [0.1, 0.15) is 50.1 Å². The van der Waals surface area contributed by atoms with Crippen LogP contribution in [0.4, 0.5) is 0 Å². The molecule has 2 heterocycles. The number of fused-ring (bicyclic) bond motifs is 1. The molecule has 1 aliphatic rings. The lowest BCUT2D eigenvalue weighted by Crippen LogP contribution is -2.38. The smallest absolute Gasteiger partial charge is 0.255 e. The van der Waals surface area contributed by atoms with Gasteiger partial charge in [-0.3, -0.25) is 9.69 Å². The van der Waals surface area contributed by atoms with E-state index in [4.69, 9.17) is 5.73 Å². The predicted molar refractivity (Wildman–Crippen MR) is 78.3 cm³/mol. The van der Waals surface area contributed by atoms with Crippen LogP contribution in [-0.4, -0.2) is 22.6 Å². The minimum absolute atomic E-state index is 0.112. The summed E-state index contributed by atoms with van der Waals surface area (Å²) in [5.41, 5.74) is 9.10. The monoisotopic (exact) mass is 263 g/mol. The molecule has 1 aromatic rings. The maximum atomic E-state index is 12.5. The van der Waals surface area contributed by atoms with Crippen molar-refractivity contribution in [2.75, 3.05) is 13.1 Å². The van der Waals surface area contributed by atoms with E-state index < -0.39 is 0 Å². The minimum atomic E-state index is 0.112. The summed E-state index contributed by atoms with van der Waals surface area (Å²) in [5.74, 6) is 0. The van der Waals surface area contributed by atoms with E-state index in [9.17, 15) is 4.79 Å². The normalized spacial score (nSPS) is 17.3. The van der Waals surface area contributed by atoms with Crippen LogP contribution >= 0.6 is 0 Å². The Bertz CT molecular complexity index is 507. The molecular formula is C15H25N3O. The van der Waals surface area contributed by atoms with Gasteiger partial charge in [-0.15, -0.1) is 0 Å². The largest absolute Gasteiger partial charge is 0.326 e. The summed E-state index contributed by atoms with van der Waals surface area (Å²) in [7, 11) is 0. The minimum Gasteiger partial charge on any atom is -0.326 e. The summed E-state index contributed by atoms with van der Waals surface area (Å²) in [5, 5.41) is 0. The molecule has 2 N–H and O–H groups in total. The van der Waals surface area contributed by atoms with E-state index >= 15 is 0 Å². The molecule has 4 nitrogen and oxygen atoms in total. The highest BCUT2D eigenvalue weighted by Crippen LogP contribution is 2.22. The fourth-order valence-corrected chi connectivity index (χ4v) is 2.85. The van der Waals surface area contributed by atoms with Gasteiger partial charge in [0.25, 0.3) is 5.56 Å².